The summed E-state index contributed by atoms with van der Waals surface area (Å²) in [5, 5.41) is 8.68. The number of aromatic nitrogens is 1. The minimum Gasteiger partial charge on any atom is -0.481 e. The Balaban J connectivity index is 2.62. The molecule has 18 heavy (non-hydrogen) atoms. The Hall–Kier alpha value is -1.85. The van der Waals surface area contributed by atoms with Gasteiger partial charge < -0.3 is 14.4 Å². The smallest absolute Gasteiger partial charge is 0.305 e. The van der Waals surface area contributed by atoms with E-state index in [0.717, 1.165) is 5.69 Å². The number of aliphatic carboxylic acids is 1. The van der Waals surface area contributed by atoms with E-state index in [9.17, 15) is 9.59 Å². The highest BCUT2D eigenvalue weighted by molar-refractivity contribution is 5.78. The molecule has 1 N–H and O–H groups in total. The number of carboxylic acids is 1. The summed E-state index contributed by atoms with van der Waals surface area (Å²) in [7, 11) is 1.58. The van der Waals surface area contributed by atoms with Gasteiger partial charge in [-0.2, -0.15) is 0 Å². The van der Waals surface area contributed by atoms with Crippen LogP contribution in [-0.2, 0) is 16.0 Å². The highest BCUT2D eigenvalue weighted by atomic mass is 16.4. The van der Waals surface area contributed by atoms with Gasteiger partial charge in [0.15, 0.2) is 0 Å². The fourth-order valence-corrected chi connectivity index (χ4v) is 1.50. The zero-order valence-corrected chi connectivity index (χ0v) is 11.1. The number of hydrogen-bond acceptors (Lipinski definition) is 4. The first-order chi connectivity index (χ1) is 8.31. The number of hydrogen-bond donors (Lipinski definition) is 1. The van der Waals surface area contributed by atoms with Gasteiger partial charge in [-0.15, -0.1) is 0 Å². The number of aryl methyl sites for hydroxylation is 2. The third-order valence-corrected chi connectivity index (χ3v) is 2.90. The van der Waals surface area contributed by atoms with Gasteiger partial charge in [-0.1, -0.05) is 0 Å². The number of oxazole rings is 1. The van der Waals surface area contributed by atoms with Crippen LogP contribution in [0.4, 0.5) is 0 Å². The third kappa shape index (κ3) is 3.58. The molecule has 100 valence electrons. The molecule has 0 spiro atoms. The van der Waals surface area contributed by atoms with Crippen LogP contribution >= 0.6 is 0 Å². The SMILES string of the molecule is Cc1nc(CC(=O)N(C)C(C)CC(=O)O)oc1C. The fourth-order valence-electron chi connectivity index (χ4n) is 1.50. The molecule has 1 heterocycles. The molecule has 1 unspecified atom stereocenters. The van der Waals surface area contributed by atoms with Crippen molar-refractivity contribution in [1.29, 1.82) is 0 Å². The van der Waals surface area contributed by atoms with Crippen molar-refractivity contribution in [2.24, 2.45) is 0 Å². The van der Waals surface area contributed by atoms with Crippen LogP contribution in [0.15, 0.2) is 4.42 Å². The van der Waals surface area contributed by atoms with Gasteiger partial charge in [0.2, 0.25) is 11.8 Å². The maximum absolute atomic E-state index is 11.9. The van der Waals surface area contributed by atoms with Gasteiger partial charge in [0, 0.05) is 13.1 Å². The zero-order chi connectivity index (χ0) is 13.9. The summed E-state index contributed by atoms with van der Waals surface area (Å²) >= 11 is 0. The summed E-state index contributed by atoms with van der Waals surface area (Å²) in [4.78, 5) is 28.0. The average Bonchev–Trinajstić information content (AvgIpc) is 2.55. The highest BCUT2D eigenvalue weighted by Crippen LogP contribution is 2.11. The normalized spacial score (nSPS) is 12.2. The molecule has 0 saturated carbocycles. The number of carbonyl (C=O) groups is 2. The Morgan fingerprint density at radius 3 is 2.50 bits per heavy atom. The van der Waals surface area contributed by atoms with E-state index in [1.807, 2.05) is 6.92 Å². The van der Waals surface area contributed by atoms with Crippen LogP contribution in [0.5, 0.6) is 0 Å². The van der Waals surface area contributed by atoms with E-state index in [-0.39, 0.29) is 24.8 Å². The maximum Gasteiger partial charge on any atom is 0.305 e. The van der Waals surface area contributed by atoms with Gasteiger partial charge in [0.1, 0.15) is 12.2 Å². The topological polar surface area (TPSA) is 83.6 Å². The number of rotatable bonds is 5. The van der Waals surface area contributed by atoms with E-state index in [1.165, 1.54) is 4.90 Å². The van der Waals surface area contributed by atoms with Crippen LogP contribution in [0.2, 0.25) is 0 Å². The first-order valence-electron chi connectivity index (χ1n) is 5.71. The first kappa shape index (κ1) is 14.2. The maximum atomic E-state index is 11.9. The largest absolute Gasteiger partial charge is 0.481 e. The Kier molecular flexibility index (Phi) is 4.47. The lowest BCUT2D eigenvalue weighted by atomic mass is 10.2. The van der Waals surface area contributed by atoms with Crippen LogP contribution < -0.4 is 0 Å². The molecule has 0 fully saturated rings. The van der Waals surface area contributed by atoms with Gasteiger partial charge in [0.25, 0.3) is 0 Å². The number of carbonyl (C=O) groups excluding carboxylic acids is 1. The summed E-state index contributed by atoms with van der Waals surface area (Å²) in [6.07, 6.45) is -0.0268. The molecule has 1 aromatic heterocycles. The van der Waals surface area contributed by atoms with E-state index in [1.54, 1.807) is 20.9 Å². The van der Waals surface area contributed by atoms with E-state index < -0.39 is 5.97 Å². The molecule has 1 atom stereocenters. The number of carboxylic acid groups (broad SMARTS) is 1. The van der Waals surface area contributed by atoms with Crippen LogP contribution in [0.1, 0.15) is 30.7 Å². The van der Waals surface area contributed by atoms with E-state index in [2.05, 4.69) is 4.98 Å². The summed E-state index contributed by atoms with van der Waals surface area (Å²) in [5.74, 6) is -0.0709. The number of nitrogens with zero attached hydrogens (tertiary/aromatic N) is 2. The predicted octanol–water partition coefficient (Wildman–Crippen LogP) is 1.16. The summed E-state index contributed by atoms with van der Waals surface area (Å²) in [6.45, 7) is 5.29. The molecule has 0 aliphatic rings. The summed E-state index contributed by atoms with van der Waals surface area (Å²) in [6, 6.07) is -0.354. The molecule has 6 heteroatoms. The van der Waals surface area contributed by atoms with Crippen molar-refractivity contribution in [3.8, 4) is 0 Å². The molecule has 0 aromatic carbocycles. The molecule has 0 bridgehead atoms. The van der Waals surface area contributed by atoms with Gasteiger partial charge in [0.05, 0.1) is 12.1 Å². The Bertz CT molecular complexity index is 433. The molecular weight excluding hydrogens is 236 g/mol. The van der Waals surface area contributed by atoms with E-state index >= 15 is 0 Å². The fraction of sp³-hybridized carbons (Fsp3) is 0.583. The van der Waals surface area contributed by atoms with Crippen molar-refractivity contribution in [3.63, 3.8) is 0 Å². The minimum atomic E-state index is -0.926. The summed E-state index contributed by atoms with van der Waals surface area (Å²) in [5.41, 5.74) is 0.763. The molecule has 6 nitrogen and oxygen atoms in total. The van der Waals surface area contributed by atoms with E-state index in [0.29, 0.717) is 11.7 Å². The lowest BCUT2D eigenvalue weighted by Crippen LogP contribution is -2.37. The van der Waals surface area contributed by atoms with Crippen LogP contribution in [0.3, 0.4) is 0 Å². The second-order valence-electron chi connectivity index (χ2n) is 4.38. The Labute approximate surface area is 106 Å². The van der Waals surface area contributed by atoms with Crippen molar-refractivity contribution in [2.75, 3.05) is 7.05 Å². The van der Waals surface area contributed by atoms with Crippen LogP contribution in [-0.4, -0.2) is 40.0 Å². The molecule has 0 radical (unpaired) electrons. The second-order valence-corrected chi connectivity index (χ2v) is 4.38. The Morgan fingerprint density at radius 1 is 1.44 bits per heavy atom. The molecule has 1 aromatic rings. The minimum absolute atomic E-state index is 0.0507. The van der Waals surface area contributed by atoms with Gasteiger partial charge in [-0.3, -0.25) is 9.59 Å². The molecule has 1 amide bonds. The number of amides is 1. The van der Waals surface area contributed by atoms with Crippen molar-refractivity contribution in [3.05, 3.63) is 17.3 Å². The molecule has 1 rings (SSSR count). The van der Waals surface area contributed by atoms with E-state index in [4.69, 9.17) is 9.52 Å². The van der Waals surface area contributed by atoms with Crippen molar-refractivity contribution in [2.45, 2.75) is 39.7 Å². The number of likely N-dealkylation sites (N-methyl/N-ethyl adjacent to an activating group) is 1. The lowest BCUT2D eigenvalue weighted by molar-refractivity contribution is -0.139. The molecule has 0 aliphatic carbocycles. The quantitative estimate of drug-likeness (QED) is 0.852. The van der Waals surface area contributed by atoms with Crippen molar-refractivity contribution >= 4 is 11.9 Å². The molecular formula is C12H18N2O4. The zero-order valence-electron chi connectivity index (χ0n) is 11.1. The van der Waals surface area contributed by atoms with Crippen LogP contribution in [0, 0.1) is 13.8 Å². The monoisotopic (exact) mass is 254 g/mol. The third-order valence-electron chi connectivity index (χ3n) is 2.90. The highest BCUT2D eigenvalue weighted by Gasteiger charge is 2.20. The van der Waals surface area contributed by atoms with Crippen LogP contribution in [0.25, 0.3) is 0 Å². The molecule has 0 saturated heterocycles. The van der Waals surface area contributed by atoms with Gasteiger partial charge in [-0.25, -0.2) is 4.98 Å². The Morgan fingerprint density at radius 2 is 2.06 bits per heavy atom. The first-order valence-corrected chi connectivity index (χ1v) is 5.71. The molecule has 0 aliphatic heterocycles. The average molecular weight is 254 g/mol. The predicted molar refractivity (Wildman–Crippen MR) is 64.2 cm³/mol. The van der Waals surface area contributed by atoms with Gasteiger partial charge >= 0.3 is 5.97 Å². The lowest BCUT2D eigenvalue weighted by Gasteiger charge is -2.23. The van der Waals surface area contributed by atoms with Crippen molar-refractivity contribution < 1.29 is 19.1 Å². The standard InChI is InChI=1S/C12H18N2O4/c1-7(5-12(16)17)14(4)11(15)6-10-13-8(2)9(3)18-10/h7H,5-6H2,1-4H3,(H,16,17). The van der Waals surface area contributed by atoms with Gasteiger partial charge in [-0.05, 0) is 20.8 Å². The summed E-state index contributed by atoms with van der Waals surface area (Å²) < 4.78 is 5.32. The van der Waals surface area contributed by atoms with Crippen molar-refractivity contribution in [1.82, 2.24) is 9.88 Å². The second kappa shape index (κ2) is 5.66.